The van der Waals surface area contributed by atoms with Crippen molar-refractivity contribution < 1.29 is 13.9 Å². The quantitative estimate of drug-likeness (QED) is 0.896. The van der Waals surface area contributed by atoms with E-state index < -0.39 is 11.7 Å². The van der Waals surface area contributed by atoms with E-state index in [0.29, 0.717) is 6.54 Å². The minimum absolute atomic E-state index is 0.401. The zero-order chi connectivity index (χ0) is 14.0. The summed E-state index contributed by atoms with van der Waals surface area (Å²) in [5.74, 6) is 0. The third-order valence-corrected chi connectivity index (χ3v) is 2.52. The van der Waals surface area contributed by atoms with Crippen molar-refractivity contribution in [1.29, 1.82) is 0 Å². The molecule has 0 spiro atoms. The van der Waals surface area contributed by atoms with E-state index in [-0.39, 0.29) is 0 Å². The summed E-state index contributed by atoms with van der Waals surface area (Å²) in [7, 11) is 0. The summed E-state index contributed by atoms with van der Waals surface area (Å²) in [5, 5.41) is 3.70. The molecule has 1 heterocycles. The molecular formula is C15H18NO3. The monoisotopic (exact) mass is 260 g/mol. The van der Waals surface area contributed by atoms with E-state index in [0.717, 1.165) is 22.1 Å². The molecule has 0 unspecified atom stereocenters. The summed E-state index contributed by atoms with van der Waals surface area (Å²) in [5.41, 5.74) is 2.06. The third kappa shape index (κ3) is 3.50. The Morgan fingerprint density at radius 3 is 2.84 bits per heavy atom. The molecule has 0 aliphatic rings. The second-order valence-electron chi connectivity index (χ2n) is 5.45. The smallest absolute Gasteiger partial charge is 0.407 e. The van der Waals surface area contributed by atoms with Crippen LogP contribution in [0.4, 0.5) is 4.79 Å². The number of amides is 1. The summed E-state index contributed by atoms with van der Waals surface area (Å²) in [6.45, 7) is 9.83. The lowest BCUT2D eigenvalue weighted by Crippen LogP contribution is -2.32. The molecule has 1 amide bonds. The molecule has 101 valence electrons. The first-order valence-corrected chi connectivity index (χ1v) is 6.14. The SMILES string of the molecule is [CH2]c1cc(CNC(=O)OC(C)(C)C)cc2ccoc12. The Balaban J connectivity index is 2.04. The number of hydrogen-bond donors (Lipinski definition) is 1. The van der Waals surface area contributed by atoms with Gasteiger partial charge in [-0.1, -0.05) is 6.07 Å². The molecule has 1 radical (unpaired) electrons. The molecule has 2 aromatic rings. The Bertz CT molecular complexity index is 593. The zero-order valence-electron chi connectivity index (χ0n) is 11.4. The molecule has 1 N–H and O–H groups in total. The number of carbonyl (C=O) groups excluding carboxylic acids is 1. The van der Waals surface area contributed by atoms with Crippen LogP contribution in [0.3, 0.4) is 0 Å². The molecule has 0 aliphatic heterocycles. The van der Waals surface area contributed by atoms with E-state index in [1.165, 1.54) is 0 Å². The average Bonchev–Trinajstić information content (AvgIpc) is 2.72. The van der Waals surface area contributed by atoms with Crippen LogP contribution in [-0.4, -0.2) is 11.7 Å². The molecule has 0 fully saturated rings. The highest BCUT2D eigenvalue weighted by Crippen LogP contribution is 2.21. The standard InChI is InChI=1S/C15H18NO3/c1-10-7-11(8-12-5-6-18-13(10)12)9-16-14(17)19-15(2,3)4/h5-8H,1,9H2,2-4H3,(H,16,17). The lowest BCUT2D eigenvalue weighted by atomic mass is 10.1. The number of furan rings is 1. The highest BCUT2D eigenvalue weighted by Gasteiger charge is 2.15. The summed E-state index contributed by atoms with van der Waals surface area (Å²) in [6, 6.07) is 5.73. The second-order valence-corrected chi connectivity index (χ2v) is 5.45. The predicted molar refractivity (Wildman–Crippen MR) is 73.7 cm³/mol. The summed E-state index contributed by atoms with van der Waals surface area (Å²) in [4.78, 5) is 11.6. The molecule has 1 aromatic heterocycles. The fourth-order valence-corrected chi connectivity index (χ4v) is 1.82. The molecule has 0 bridgehead atoms. The number of carbonyl (C=O) groups is 1. The van der Waals surface area contributed by atoms with Crippen molar-refractivity contribution in [2.75, 3.05) is 0 Å². The highest BCUT2D eigenvalue weighted by molar-refractivity contribution is 5.82. The number of rotatable bonds is 2. The van der Waals surface area contributed by atoms with Crippen molar-refractivity contribution in [3.05, 3.63) is 42.5 Å². The van der Waals surface area contributed by atoms with E-state index in [4.69, 9.17) is 9.15 Å². The van der Waals surface area contributed by atoms with Crippen LogP contribution in [0.25, 0.3) is 11.0 Å². The fourth-order valence-electron chi connectivity index (χ4n) is 1.82. The van der Waals surface area contributed by atoms with Crippen LogP contribution in [0.1, 0.15) is 31.9 Å². The third-order valence-electron chi connectivity index (χ3n) is 2.52. The van der Waals surface area contributed by atoms with Gasteiger partial charge in [0, 0.05) is 11.9 Å². The molecule has 4 heteroatoms. The van der Waals surface area contributed by atoms with Gasteiger partial charge in [0.25, 0.3) is 0 Å². The van der Waals surface area contributed by atoms with Gasteiger partial charge in [-0.25, -0.2) is 4.79 Å². The number of hydrogen-bond acceptors (Lipinski definition) is 3. The molecule has 0 aliphatic carbocycles. The van der Waals surface area contributed by atoms with Crippen LogP contribution in [-0.2, 0) is 11.3 Å². The topological polar surface area (TPSA) is 51.5 Å². The maximum atomic E-state index is 11.6. The van der Waals surface area contributed by atoms with Gasteiger partial charge in [0.2, 0.25) is 0 Å². The molecule has 4 nitrogen and oxygen atoms in total. The van der Waals surface area contributed by atoms with Crippen molar-refractivity contribution in [2.24, 2.45) is 0 Å². The number of alkyl carbamates (subject to hydrolysis) is 1. The van der Waals surface area contributed by atoms with Crippen molar-refractivity contribution in [3.63, 3.8) is 0 Å². The lowest BCUT2D eigenvalue weighted by molar-refractivity contribution is 0.0523. The Labute approximate surface area is 112 Å². The first kappa shape index (κ1) is 13.5. The Hall–Kier alpha value is -1.97. The number of fused-ring (bicyclic) bond motifs is 1. The van der Waals surface area contributed by atoms with E-state index in [9.17, 15) is 4.79 Å². The largest absolute Gasteiger partial charge is 0.464 e. The Morgan fingerprint density at radius 2 is 2.16 bits per heavy atom. The van der Waals surface area contributed by atoms with Gasteiger partial charge in [0.05, 0.1) is 6.26 Å². The van der Waals surface area contributed by atoms with Gasteiger partial charge >= 0.3 is 6.09 Å². The molecule has 0 atom stereocenters. The van der Waals surface area contributed by atoms with Crippen molar-refractivity contribution in [3.8, 4) is 0 Å². The van der Waals surface area contributed by atoms with Gasteiger partial charge < -0.3 is 14.5 Å². The van der Waals surface area contributed by atoms with Crippen molar-refractivity contribution in [1.82, 2.24) is 5.32 Å². The molecular weight excluding hydrogens is 242 g/mol. The van der Waals surface area contributed by atoms with Crippen LogP contribution in [0.5, 0.6) is 0 Å². The average molecular weight is 260 g/mol. The van der Waals surface area contributed by atoms with Crippen LogP contribution in [0.2, 0.25) is 0 Å². The Kier molecular flexibility index (Phi) is 3.51. The molecule has 2 rings (SSSR count). The van der Waals surface area contributed by atoms with Gasteiger partial charge in [-0.2, -0.15) is 0 Å². The van der Waals surface area contributed by atoms with Crippen molar-refractivity contribution >= 4 is 17.1 Å². The number of nitrogens with one attached hydrogen (secondary N) is 1. The second kappa shape index (κ2) is 4.96. The van der Waals surface area contributed by atoms with Gasteiger partial charge in [-0.05, 0) is 51.0 Å². The molecule has 19 heavy (non-hydrogen) atoms. The van der Waals surface area contributed by atoms with Crippen LogP contribution in [0.15, 0.2) is 28.9 Å². The normalized spacial score (nSPS) is 11.6. The summed E-state index contributed by atoms with van der Waals surface area (Å²) >= 11 is 0. The van der Waals surface area contributed by atoms with Gasteiger partial charge in [-0.15, -0.1) is 0 Å². The predicted octanol–water partition coefficient (Wildman–Crippen LogP) is 3.64. The Morgan fingerprint density at radius 1 is 1.42 bits per heavy atom. The molecule has 0 saturated heterocycles. The highest BCUT2D eigenvalue weighted by atomic mass is 16.6. The number of ether oxygens (including phenoxy) is 1. The van der Waals surface area contributed by atoms with E-state index in [2.05, 4.69) is 12.2 Å². The summed E-state index contributed by atoms with van der Waals surface area (Å²) in [6.07, 6.45) is 1.20. The van der Waals surface area contributed by atoms with Crippen LogP contribution < -0.4 is 5.32 Å². The maximum Gasteiger partial charge on any atom is 0.407 e. The number of benzene rings is 1. The molecule has 1 aromatic carbocycles. The van der Waals surface area contributed by atoms with Crippen LogP contribution in [0, 0.1) is 6.92 Å². The minimum Gasteiger partial charge on any atom is -0.464 e. The summed E-state index contributed by atoms with van der Waals surface area (Å²) < 4.78 is 10.5. The zero-order valence-corrected chi connectivity index (χ0v) is 11.4. The van der Waals surface area contributed by atoms with Gasteiger partial charge in [0.15, 0.2) is 0 Å². The van der Waals surface area contributed by atoms with Crippen LogP contribution >= 0.6 is 0 Å². The maximum absolute atomic E-state index is 11.6. The van der Waals surface area contributed by atoms with E-state index >= 15 is 0 Å². The minimum atomic E-state index is -0.490. The van der Waals surface area contributed by atoms with Crippen molar-refractivity contribution in [2.45, 2.75) is 32.9 Å². The van der Waals surface area contributed by atoms with Gasteiger partial charge in [0.1, 0.15) is 11.2 Å². The first-order chi connectivity index (χ1) is 8.85. The van der Waals surface area contributed by atoms with E-state index in [1.54, 1.807) is 6.26 Å². The molecule has 0 saturated carbocycles. The fraction of sp³-hybridized carbons (Fsp3) is 0.333. The lowest BCUT2D eigenvalue weighted by Gasteiger charge is -2.19. The van der Waals surface area contributed by atoms with Gasteiger partial charge in [-0.3, -0.25) is 0 Å². The first-order valence-electron chi connectivity index (χ1n) is 6.14. The van der Waals surface area contributed by atoms with E-state index in [1.807, 2.05) is 39.0 Å².